The van der Waals surface area contributed by atoms with Gasteiger partial charge in [0.1, 0.15) is 5.69 Å². The molecular formula is C9H14N4O. The quantitative estimate of drug-likeness (QED) is 0.680. The second-order valence-corrected chi connectivity index (χ2v) is 3.64. The molecule has 76 valence electrons. The van der Waals surface area contributed by atoms with E-state index in [9.17, 15) is 4.79 Å². The number of hydrogen-bond acceptors (Lipinski definition) is 4. The lowest BCUT2D eigenvalue weighted by Gasteiger charge is -2.20. The van der Waals surface area contributed by atoms with Crippen LogP contribution in [0.15, 0.2) is 6.20 Å². The van der Waals surface area contributed by atoms with Crippen molar-refractivity contribution in [3.05, 3.63) is 11.9 Å². The normalized spacial score (nSPS) is 22.2. The fourth-order valence-electron chi connectivity index (χ4n) is 1.71. The molecule has 5 nitrogen and oxygen atoms in total. The van der Waals surface area contributed by atoms with Crippen LogP contribution in [0.4, 0.5) is 0 Å². The predicted octanol–water partition coefficient (Wildman–Crippen LogP) is 0.140. The Kier molecular flexibility index (Phi) is 2.58. The van der Waals surface area contributed by atoms with Crippen molar-refractivity contribution >= 4 is 5.78 Å². The topological polar surface area (TPSA) is 59.8 Å². The molecule has 1 saturated heterocycles. The highest BCUT2D eigenvalue weighted by atomic mass is 16.1. The van der Waals surface area contributed by atoms with Gasteiger partial charge in [-0.05, 0) is 19.4 Å². The summed E-state index contributed by atoms with van der Waals surface area (Å²) in [7, 11) is 1.76. The molecule has 0 bridgehead atoms. The molecule has 2 rings (SSSR count). The zero-order chi connectivity index (χ0) is 9.97. The third kappa shape index (κ3) is 1.82. The predicted molar refractivity (Wildman–Crippen MR) is 51.0 cm³/mol. The van der Waals surface area contributed by atoms with Crippen molar-refractivity contribution in [1.29, 1.82) is 0 Å². The van der Waals surface area contributed by atoms with Crippen molar-refractivity contribution in [2.24, 2.45) is 7.05 Å². The minimum Gasteiger partial charge on any atom is -0.307 e. The maximum atomic E-state index is 11.8. The summed E-state index contributed by atoms with van der Waals surface area (Å²) < 4.78 is 1.55. The summed E-state index contributed by atoms with van der Waals surface area (Å²) in [4.78, 5) is 11.8. The molecule has 1 atom stereocenters. The lowest BCUT2D eigenvalue weighted by atomic mass is 10.00. The van der Waals surface area contributed by atoms with Crippen molar-refractivity contribution in [2.75, 3.05) is 6.54 Å². The highest BCUT2D eigenvalue weighted by molar-refractivity contribution is 5.98. The first-order valence-corrected chi connectivity index (χ1v) is 4.91. The molecule has 1 fully saturated rings. The fraction of sp³-hybridized carbons (Fsp3) is 0.667. The molecule has 0 saturated carbocycles. The lowest BCUT2D eigenvalue weighted by Crippen LogP contribution is -2.40. The van der Waals surface area contributed by atoms with E-state index in [1.807, 2.05) is 0 Å². The molecule has 14 heavy (non-hydrogen) atoms. The Morgan fingerprint density at radius 2 is 2.50 bits per heavy atom. The van der Waals surface area contributed by atoms with Gasteiger partial charge in [-0.3, -0.25) is 9.48 Å². The highest BCUT2D eigenvalue weighted by Crippen LogP contribution is 2.10. The number of carbonyl (C=O) groups is 1. The summed E-state index contributed by atoms with van der Waals surface area (Å²) in [6.07, 6.45) is 4.85. The Morgan fingerprint density at radius 1 is 1.64 bits per heavy atom. The Morgan fingerprint density at radius 3 is 3.07 bits per heavy atom. The summed E-state index contributed by atoms with van der Waals surface area (Å²) in [5, 5.41) is 10.8. The molecule has 1 aromatic rings. The van der Waals surface area contributed by atoms with Crippen molar-refractivity contribution in [2.45, 2.75) is 25.3 Å². The average Bonchev–Trinajstić information content (AvgIpc) is 2.65. The van der Waals surface area contributed by atoms with Crippen LogP contribution >= 0.6 is 0 Å². The molecule has 1 unspecified atom stereocenters. The van der Waals surface area contributed by atoms with Crippen LogP contribution in [0.2, 0.25) is 0 Å². The molecule has 5 heteroatoms. The number of nitrogens with zero attached hydrogens (tertiary/aromatic N) is 3. The van der Waals surface area contributed by atoms with Gasteiger partial charge >= 0.3 is 0 Å². The monoisotopic (exact) mass is 194 g/mol. The average molecular weight is 194 g/mol. The van der Waals surface area contributed by atoms with E-state index >= 15 is 0 Å². The number of aryl methyl sites for hydroxylation is 1. The number of Topliss-reactive ketones (excluding diaryl/α,β-unsaturated/α-hetero) is 1. The Labute approximate surface area is 82.5 Å². The van der Waals surface area contributed by atoms with E-state index in [0.717, 1.165) is 25.8 Å². The molecule has 1 N–H and O–H groups in total. The van der Waals surface area contributed by atoms with E-state index in [0.29, 0.717) is 5.69 Å². The molecule has 0 aliphatic carbocycles. The molecule has 1 aliphatic heterocycles. The largest absolute Gasteiger partial charge is 0.307 e. The lowest BCUT2D eigenvalue weighted by molar-refractivity contribution is 0.0922. The van der Waals surface area contributed by atoms with Gasteiger partial charge in [0.05, 0.1) is 12.2 Å². The van der Waals surface area contributed by atoms with Gasteiger partial charge in [-0.15, -0.1) is 5.10 Å². The van der Waals surface area contributed by atoms with Gasteiger partial charge in [0.25, 0.3) is 0 Å². The number of piperidine rings is 1. The third-order valence-corrected chi connectivity index (χ3v) is 2.48. The van der Waals surface area contributed by atoms with Crippen molar-refractivity contribution in [3.63, 3.8) is 0 Å². The SMILES string of the molecule is Cn1cc(C(=O)C2CCCCN2)nn1. The van der Waals surface area contributed by atoms with E-state index in [1.165, 1.54) is 0 Å². The summed E-state index contributed by atoms with van der Waals surface area (Å²) >= 11 is 0. The minimum absolute atomic E-state index is 0.0551. The molecule has 0 spiro atoms. The summed E-state index contributed by atoms with van der Waals surface area (Å²) in [5.74, 6) is 0.0674. The standard InChI is InChI=1S/C9H14N4O/c1-13-6-8(11-12-13)9(14)7-4-2-3-5-10-7/h6-7,10H,2-5H2,1H3. The van der Waals surface area contributed by atoms with Crippen LogP contribution in [0.3, 0.4) is 0 Å². The summed E-state index contributed by atoms with van der Waals surface area (Å²) in [5.41, 5.74) is 0.465. The molecule has 2 heterocycles. The number of rotatable bonds is 2. The van der Waals surface area contributed by atoms with Gasteiger partial charge in [0.15, 0.2) is 0 Å². The smallest absolute Gasteiger partial charge is 0.201 e. The Hall–Kier alpha value is -1.23. The minimum atomic E-state index is -0.0551. The first-order chi connectivity index (χ1) is 6.77. The van der Waals surface area contributed by atoms with E-state index in [1.54, 1.807) is 17.9 Å². The van der Waals surface area contributed by atoms with E-state index in [-0.39, 0.29) is 11.8 Å². The summed E-state index contributed by atoms with van der Waals surface area (Å²) in [6, 6.07) is -0.0551. The van der Waals surface area contributed by atoms with E-state index in [4.69, 9.17) is 0 Å². The third-order valence-electron chi connectivity index (χ3n) is 2.48. The zero-order valence-electron chi connectivity index (χ0n) is 8.23. The van der Waals surface area contributed by atoms with Gasteiger partial charge in [-0.25, -0.2) is 0 Å². The number of ketones is 1. The van der Waals surface area contributed by atoms with E-state index in [2.05, 4.69) is 15.6 Å². The Bertz CT molecular complexity index is 327. The van der Waals surface area contributed by atoms with Gasteiger partial charge in [-0.2, -0.15) is 0 Å². The number of nitrogens with one attached hydrogen (secondary N) is 1. The van der Waals surface area contributed by atoms with E-state index < -0.39 is 0 Å². The highest BCUT2D eigenvalue weighted by Gasteiger charge is 2.23. The van der Waals surface area contributed by atoms with Gasteiger partial charge in [-0.1, -0.05) is 11.6 Å². The van der Waals surface area contributed by atoms with Gasteiger partial charge in [0.2, 0.25) is 5.78 Å². The molecular weight excluding hydrogens is 180 g/mol. The van der Waals surface area contributed by atoms with Crippen LogP contribution in [0, 0.1) is 0 Å². The van der Waals surface area contributed by atoms with Crippen LogP contribution in [-0.4, -0.2) is 33.4 Å². The van der Waals surface area contributed by atoms with Crippen LogP contribution < -0.4 is 5.32 Å². The molecule has 1 aliphatic rings. The first-order valence-electron chi connectivity index (χ1n) is 4.91. The van der Waals surface area contributed by atoms with Gasteiger partial charge < -0.3 is 5.32 Å². The van der Waals surface area contributed by atoms with Crippen LogP contribution in [0.1, 0.15) is 29.8 Å². The molecule has 1 aromatic heterocycles. The second-order valence-electron chi connectivity index (χ2n) is 3.64. The van der Waals surface area contributed by atoms with Crippen LogP contribution in [0.5, 0.6) is 0 Å². The van der Waals surface area contributed by atoms with Crippen molar-refractivity contribution in [3.8, 4) is 0 Å². The number of carbonyl (C=O) groups excluding carboxylic acids is 1. The zero-order valence-corrected chi connectivity index (χ0v) is 8.23. The number of aromatic nitrogens is 3. The maximum Gasteiger partial charge on any atom is 0.201 e. The fourth-order valence-corrected chi connectivity index (χ4v) is 1.71. The molecule has 0 aromatic carbocycles. The van der Waals surface area contributed by atoms with Gasteiger partial charge in [0, 0.05) is 7.05 Å². The number of hydrogen-bond donors (Lipinski definition) is 1. The molecule has 0 amide bonds. The second kappa shape index (κ2) is 3.88. The summed E-state index contributed by atoms with van der Waals surface area (Å²) in [6.45, 7) is 0.927. The van der Waals surface area contributed by atoms with Crippen molar-refractivity contribution in [1.82, 2.24) is 20.3 Å². The van der Waals surface area contributed by atoms with Crippen molar-refractivity contribution < 1.29 is 4.79 Å². The Balaban J connectivity index is 2.07. The molecule has 0 radical (unpaired) electrons. The van der Waals surface area contributed by atoms with Crippen LogP contribution in [0.25, 0.3) is 0 Å². The maximum absolute atomic E-state index is 11.8. The van der Waals surface area contributed by atoms with Crippen LogP contribution in [-0.2, 0) is 7.05 Å². The first kappa shape index (κ1) is 9.33.